The molecular formula is C63H69B7N2S. The van der Waals surface area contributed by atoms with Crippen LogP contribution in [0.4, 0.5) is 34.1 Å². The Hall–Kier alpha value is -4.67. The van der Waals surface area contributed by atoms with Crippen molar-refractivity contribution >= 4 is 132 Å². The monoisotopic (exact) mass is 963 g/mol. The summed E-state index contributed by atoms with van der Waals surface area (Å²) >= 11 is 1.77. The lowest BCUT2D eigenvalue weighted by atomic mass is 9.40. The molecule has 6 aromatic carbocycles. The summed E-state index contributed by atoms with van der Waals surface area (Å²) in [6.45, 7) is 35.7. The zero-order chi connectivity index (χ0) is 53.9. The molecule has 0 saturated carbocycles. The predicted octanol–water partition coefficient (Wildman–Crippen LogP) is 12.8. The van der Waals surface area contributed by atoms with Crippen molar-refractivity contribution in [2.24, 2.45) is 0 Å². The van der Waals surface area contributed by atoms with E-state index in [0.717, 1.165) is 63.7 Å². The van der Waals surface area contributed by atoms with Gasteiger partial charge in [-0.15, -0.1) is 16.4 Å². The van der Waals surface area contributed by atoms with Gasteiger partial charge < -0.3 is 9.80 Å². The zero-order valence-corrected chi connectivity index (χ0v) is 47.4. The summed E-state index contributed by atoms with van der Waals surface area (Å²) in [5.74, 6) is 0. The molecule has 0 atom stereocenters. The first-order valence-electron chi connectivity index (χ1n) is 25.8. The molecule has 7 aromatic rings. The van der Waals surface area contributed by atoms with Gasteiger partial charge in [0.1, 0.15) is 31.4 Å². The Morgan fingerprint density at radius 1 is 0.438 bits per heavy atom. The summed E-state index contributed by atoms with van der Waals surface area (Å²) in [6, 6.07) is 35.2. The van der Waals surface area contributed by atoms with E-state index in [1.165, 1.54) is 32.3 Å². The van der Waals surface area contributed by atoms with Crippen LogP contribution in [0, 0.1) is 0 Å². The highest BCUT2D eigenvalue weighted by Gasteiger charge is 2.38. The van der Waals surface area contributed by atoms with Crippen LogP contribution in [0.15, 0.2) is 102 Å². The van der Waals surface area contributed by atoms with Crippen LogP contribution in [0.5, 0.6) is 0 Å². The Morgan fingerprint density at radius 3 is 1.29 bits per heavy atom. The van der Waals surface area contributed by atoms with Gasteiger partial charge in [-0.1, -0.05) is 174 Å². The summed E-state index contributed by atoms with van der Waals surface area (Å²) < 4.78 is 1.23. The SMILES string of the molecule is [B]c1c([B])c(C(C)(C)C)c([B])c([B])c1-c1cc(C(C)(C)C)ccc1N(c1ccc(C(C)(C)C)cc1)c1cc(N(c2ccc(C(C)(C)C)cc2)c2csc3cc4c(cc23)C(C)(C)CCC4(C)C)cc(C([B])([B])[B])c1. The third-order valence-corrected chi connectivity index (χ3v) is 16.4. The van der Waals surface area contributed by atoms with Crippen molar-refractivity contribution in [3.63, 3.8) is 0 Å². The number of rotatable bonds is 8. The van der Waals surface area contributed by atoms with E-state index in [-0.39, 0.29) is 27.1 Å². The fourth-order valence-corrected chi connectivity index (χ4v) is 11.7. The normalized spacial score (nSPS) is 15.1. The molecule has 1 aromatic heterocycles. The number of thiophene rings is 1. The predicted molar refractivity (Wildman–Crippen MR) is 327 cm³/mol. The second-order valence-electron chi connectivity index (χ2n) is 26.4. The van der Waals surface area contributed by atoms with Gasteiger partial charge in [0.15, 0.2) is 0 Å². The Kier molecular flexibility index (Phi) is 13.9. The number of benzene rings is 6. The Labute approximate surface area is 453 Å². The molecule has 1 heterocycles. The van der Waals surface area contributed by atoms with Crippen molar-refractivity contribution in [3.05, 3.63) is 141 Å². The van der Waals surface area contributed by atoms with Crippen molar-refractivity contribution in [2.45, 2.75) is 161 Å². The van der Waals surface area contributed by atoms with E-state index in [4.69, 9.17) is 54.9 Å². The lowest BCUT2D eigenvalue weighted by Gasteiger charge is -2.42. The van der Waals surface area contributed by atoms with Gasteiger partial charge in [-0.05, 0) is 145 Å². The first-order chi connectivity index (χ1) is 33.5. The van der Waals surface area contributed by atoms with E-state index >= 15 is 0 Å². The second-order valence-corrected chi connectivity index (χ2v) is 27.3. The molecule has 0 aliphatic heterocycles. The van der Waals surface area contributed by atoms with Gasteiger partial charge in [-0.2, -0.15) is 0 Å². The average Bonchev–Trinajstić information content (AvgIpc) is 3.69. The average molecular weight is 962 g/mol. The molecule has 0 unspecified atom stereocenters. The van der Waals surface area contributed by atoms with Crippen LogP contribution in [0.1, 0.15) is 163 Å². The standard InChI is InChI=1S/C63H69B7N2S/c1-57(2,3)36-17-22-40(23-18-36)71(48-26-21-38(59(7,8)9)31-45(48)51-53(64)55(66)52(60(10,11)12)56(67)54(51)65)42-29-39(63(68,69)70)30-43(32-42)72(41-24-19-37(20-25-41)58(4,5)6)49-35-73-50-34-47-46(33-44(49)50)61(13,14)27-28-62(47,15)16/h17-26,29-35H,27-28H2,1-16H3. The minimum atomic E-state index is -1.74. The molecule has 14 radical (unpaired) electrons. The van der Waals surface area contributed by atoms with Crippen LogP contribution in [-0.4, -0.2) is 54.9 Å². The lowest BCUT2D eigenvalue weighted by Crippen LogP contribution is -2.49. The minimum absolute atomic E-state index is 0.00124. The van der Waals surface area contributed by atoms with Crippen molar-refractivity contribution in [2.75, 3.05) is 9.80 Å². The summed E-state index contributed by atoms with van der Waals surface area (Å²) in [5.41, 5.74) is 15.0. The molecule has 0 spiro atoms. The molecule has 2 nitrogen and oxygen atoms in total. The third kappa shape index (κ3) is 10.4. The van der Waals surface area contributed by atoms with E-state index in [1.54, 1.807) is 11.3 Å². The van der Waals surface area contributed by atoms with Gasteiger partial charge in [0.2, 0.25) is 0 Å². The molecule has 358 valence electrons. The van der Waals surface area contributed by atoms with Crippen molar-refractivity contribution in [1.82, 2.24) is 0 Å². The van der Waals surface area contributed by atoms with Crippen LogP contribution in [0.25, 0.3) is 21.2 Å². The fourth-order valence-electron chi connectivity index (χ4n) is 10.8. The number of hydrogen-bond acceptors (Lipinski definition) is 3. The molecule has 0 N–H and O–H groups in total. The van der Waals surface area contributed by atoms with Crippen LogP contribution in [-0.2, 0) is 37.6 Å². The minimum Gasteiger partial charge on any atom is -0.310 e. The maximum atomic E-state index is 7.24. The highest BCUT2D eigenvalue weighted by Crippen LogP contribution is 2.52. The van der Waals surface area contributed by atoms with E-state index in [9.17, 15) is 0 Å². The molecule has 0 amide bonds. The van der Waals surface area contributed by atoms with E-state index < -0.39 is 10.5 Å². The number of fused-ring (bicyclic) bond motifs is 2. The summed E-state index contributed by atoms with van der Waals surface area (Å²) in [5, 5.41) is 1.73. The quantitative estimate of drug-likeness (QED) is 0.140. The Morgan fingerprint density at radius 2 is 0.863 bits per heavy atom. The summed E-state index contributed by atoms with van der Waals surface area (Å²) in [7, 11) is 49.1. The molecule has 1 aliphatic rings. The van der Waals surface area contributed by atoms with E-state index in [1.807, 2.05) is 12.1 Å². The molecule has 0 bridgehead atoms. The topological polar surface area (TPSA) is 6.48 Å². The fraction of sp³-hybridized carbons (Fsp3) is 0.397. The Bertz CT molecular complexity index is 3210. The van der Waals surface area contributed by atoms with Crippen LogP contribution < -0.4 is 31.7 Å². The number of nitrogens with zero attached hydrogens (tertiary/aromatic N) is 2. The van der Waals surface area contributed by atoms with Gasteiger partial charge in [0.05, 0.1) is 34.9 Å². The van der Waals surface area contributed by atoms with Crippen molar-refractivity contribution < 1.29 is 0 Å². The molecule has 0 fully saturated rings. The van der Waals surface area contributed by atoms with E-state index in [0.29, 0.717) is 33.0 Å². The van der Waals surface area contributed by atoms with Gasteiger partial charge in [-0.25, -0.2) is 0 Å². The number of anilines is 6. The number of hydrogen-bond donors (Lipinski definition) is 0. The molecule has 1 aliphatic carbocycles. The molecule has 73 heavy (non-hydrogen) atoms. The van der Waals surface area contributed by atoms with Crippen molar-refractivity contribution in [1.29, 1.82) is 0 Å². The smallest absolute Gasteiger partial charge is 0.113 e. The zero-order valence-electron chi connectivity index (χ0n) is 46.6. The summed E-state index contributed by atoms with van der Waals surface area (Å²) in [4.78, 5) is 4.56. The highest BCUT2D eigenvalue weighted by molar-refractivity contribution is 7.17. The van der Waals surface area contributed by atoms with Crippen LogP contribution >= 0.6 is 11.3 Å². The largest absolute Gasteiger partial charge is 0.310 e. The summed E-state index contributed by atoms with van der Waals surface area (Å²) in [6.07, 6.45) is 2.24. The van der Waals surface area contributed by atoms with Gasteiger partial charge in [-0.3, -0.25) is 0 Å². The van der Waals surface area contributed by atoms with Gasteiger partial charge in [0.25, 0.3) is 0 Å². The van der Waals surface area contributed by atoms with Gasteiger partial charge in [0, 0.05) is 43.8 Å². The molecule has 8 rings (SSSR count). The van der Waals surface area contributed by atoms with Crippen molar-refractivity contribution in [3.8, 4) is 11.1 Å². The van der Waals surface area contributed by atoms with Crippen LogP contribution in [0.2, 0.25) is 0 Å². The first-order valence-corrected chi connectivity index (χ1v) is 26.7. The highest BCUT2D eigenvalue weighted by atomic mass is 32.1. The molecular weight excluding hydrogens is 892 g/mol. The second kappa shape index (κ2) is 18.6. The molecule has 0 saturated heterocycles. The van der Waals surface area contributed by atoms with E-state index in [2.05, 4.69) is 211 Å². The lowest BCUT2D eigenvalue weighted by molar-refractivity contribution is 0.332. The first kappa shape index (κ1) is 54.6. The van der Waals surface area contributed by atoms with Gasteiger partial charge >= 0.3 is 0 Å². The van der Waals surface area contributed by atoms with Crippen LogP contribution in [0.3, 0.4) is 0 Å². The Balaban J connectivity index is 1.49. The molecule has 10 heteroatoms. The third-order valence-electron chi connectivity index (χ3n) is 15.4. The maximum absolute atomic E-state index is 7.24. The maximum Gasteiger partial charge on any atom is 0.113 e.